The lowest BCUT2D eigenvalue weighted by Crippen LogP contribution is -2.43. The molecule has 2 rings (SSSR count). The Bertz CT molecular complexity index is 437. The number of anilines is 1. The zero-order valence-corrected chi connectivity index (χ0v) is 13.1. The van der Waals surface area contributed by atoms with Crippen LogP contribution in [0.1, 0.15) is 19.3 Å². The lowest BCUT2D eigenvalue weighted by Gasteiger charge is -2.22. The van der Waals surface area contributed by atoms with Gasteiger partial charge in [0.25, 0.3) is 0 Å². The number of carbonyl (C=O) groups is 1. The van der Waals surface area contributed by atoms with E-state index in [0.29, 0.717) is 5.75 Å². The fourth-order valence-electron chi connectivity index (χ4n) is 2.04. The molecule has 106 valence electrons. The van der Waals surface area contributed by atoms with Gasteiger partial charge >= 0.3 is 0 Å². The van der Waals surface area contributed by atoms with Crippen molar-refractivity contribution in [2.75, 3.05) is 19.0 Å². The molecule has 0 bridgehead atoms. The molecule has 1 aliphatic heterocycles. The van der Waals surface area contributed by atoms with Gasteiger partial charge in [0.15, 0.2) is 0 Å². The number of hydrogen-bond donors (Lipinski definition) is 2. The van der Waals surface area contributed by atoms with Crippen LogP contribution in [0.3, 0.4) is 0 Å². The second-order valence-corrected chi connectivity index (χ2v) is 5.20. The molecule has 0 aliphatic carbocycles. The summed E-state index contributed by atoms with van der Waals surface area (Å²) in [5.41, 5.74) is 0.757. The predicted octanol–water partition coefficient (Wildman–Crippen LogP) is 2.96. The molecule has 6 heteroatoms. The van der Waals surface area contributed by atoms with Gasteiger partial charge in [-0.25, -0.2) is 0 Å². The van der Waals surface area contributed by atoms with Gasteiger partial charge in [-0.1, -0.05) is 6.42 Å². The Kier molecular flexibility index (Phi) is 6.62. The molecule has 1 aromatic rings. The summed E-state index contributed by atoms with van der Waals surface area (Å²) in [4.78, 5) is 12.0. The molecule has 1 aromatic carbocycles. The number of rotatable bonds is 3. The molecule has 0 aromatic heterocycles. The van der Waals surface area contributed by atoms with E-state index in [1.54, 1.807) is 7.11 Å². The summed E-state index contributed by atoms with van der Waals surface area (Å²) < 4.78 is 6.07. The molecule has 0 radical (unpaired) electrons. The van der Waals surface area contributed by atoms with Gasteiger partial charge in [-0.3, -0.25) is 4.79 Å². The third kappa shape index (κ3) is 4.37. The average Bonchev–Trinajstić information content (AvgIpc) is 2.42. The Labute approximate surface area is 127 Å². The Balaban J connectivity index is 0.00000180. The molecule has 1 atom stereocenters. The molecule has 1 amide bonds. The van der Waals surface area contributed by atoms with Gasteiger partial charge < -0.3 is 15.4 Å². The summed E-state index contributed by atoms with van der Waals surface area (Å²) in [6.45, 7) is 0.918. The largest absolute Gasteiger partial charge is 0.495 e. The van der Waals surface area contributed by atoms with E-state index in [9.17, 15) is 4.79 Å². The quantitative estimate of drug-likeness (QED) is 0.882. The van der Waals surface area contributed by atoms with Gasteiger partial charge in [0.2, 0.25) is 5.91 Å². The second kappa shape index (κ2) is 7.72. The summed E-state index contributed by atoms with van der Waals surface area (Å²) in [5.74, 6) is 0.739. The first kappa shape index (κ1) is 16.3. The van der Waals surface area contributed by atoms with Crippen molar-refractivity contribution in [3.63, 3.8) is 0 Å². The van der Waals surface area contributed by atoms with Crippen LogP contribution < -0.4 is 15.4 Å². The number of halogens is 2. The minimum Gasteiger partial charge on any atom is -0.495 e. The van der Waals surface area contributed by atoms with Crippen LogP contribution in [0.4, 0.5) is 5.69 Å². The van der Waals surface area contributed by atoms with Gasteiger partial charge in [-0.15, -0.1) is 12.4 Å². The molecular weight excluding hydrogens is 332 g/mol. The summed E-state index contributed by atoms with van der Waals surface area (Å²) >= 11 is 3.38. The van der Waals surface area contributed by atoms with Crippen LogP contribution >= 0.6 is 28.3 Å². The fourth-order valence-corrected chi connectivity index (χ4v) is 2.45. The van der Waals surface area contributed by atoms with Crippen molar-refractivity contribution < 1.29 is 9.53 Å². The summed E-state index contributed by atoms with van der Waals surface area (Å²) in [6, 6.07) is 5.45. The van der Waals surface area contributed by atoms with E-state index in [4.69, 9.17) is 4.74 Å². The summed E-state index contributed by atoms with van der Waals surface area (Å²) in [5, 5.41) is 6.14. The zero-order valence-electron chi connectivity index (χ0n) is 10.7. The van der Waals surface area contributed by atoms with E-state index in [0.717, 1.165) is 36.0 Å². The summed E-state index contributed by atoms with van der Waals surface area (Å²) in [7, 11) is 1.61. The van der Waals surface area contributed by atoms with E-state index in [1.165, 1.54) is 0 Å². The van der Waals surface area contributed by atoms with Crippen LogP contribution in [0.25, 0.3) is 0 Å². The molecule has 0 spiro atoms. The van der Waals surface area contributed by atoms with Crippen LogP contribution in [0, 0.1) is 0 Å². The lowest BCUT2D eigenvalue weighted by molar-refractivity contribution is -0.118. The number of benzene rings is 1. The number of piperidine rings is 1. The van der Waals surface area contributed by atoms with Crippen LogP contribution in [-0.4, -0.2) is 25.6 Å². The SMILES string of the molecule is COc1cc(NC(=O)[C@@H]2CCCCN2)ccc1Br.Cl. The van der Waals surface area contributed by atoms with Crippen molar-refractivity contribution in [2.24, 2.45) is 0 Å². The first-order valence-corrected chi connectivity index (χ1v) is 6.88. The monoisotopic (exact) mass is 348 g/mol. The maximum atomic E-state index is 12.0. The molecule has 1 saturated heterocycles. The van der Waals surface area contributed by atoms with E-state index < -0.39 is 0 Å². The molecule has 2 N–H and O–H groups in total. The molecule has 4 nitrogen and oxygen atoms in total. The second-order valence-electron chi connectivity index (χ2n) is 4.34. The van der Waals surface area contributed by atoms with E-state index in [2.05, 4.69) is 26.6 Å². The van der Waals surface area contributed by atoms with Crippen LogP contribution in [0.5, 0.6) is 5.75 Å². The predicted molar refractivity (Wildman–Crippen MR) is 82.2 cm³/mol. The summed E-state index contributed by atoms with van der Waals surface area (Å²) in [6.07, 6.45) is 3.16. The number of nitrogens with one attached hydrogen (secondary N) is 2. The molecule has 19 heavy (non-hydrogen) atoms. The van der Waals surface area contributed by atoms with E-state index >= 15 is 0 Å². The highest BCUT2D eigenvalue weighted by Gasteiger charge is 2.20. The molecule has 1 fully saturated rings. The molecule has 1 aliphatic rings. The van der Waals surface area contributed by atoms with Crippen LogP contribution in [0.15, 0.2) is 22.7 Å². The maximum absolute atomic E-state index is 12.0. The lowest BCUT2D eigenvalue weighted by atomic mass is 10.0. The number of ether oxygens (including phenoxy) is 1. The third-order valence-electron chi connectivity index (χ3n) is 3.05. The Morgan fingerprint density at radius 3 is 2.89 bits per heavy atom. The molecule has 1 heterocycles. The van der Waals surface area contributed by atoms with Gasteiger partial charge in [0.1, 0.15) is 5.75 Å². The normalized spacial score (nSPS) is 18.3. The maximum Gasteiger partial charge on any atom is 0.241 e. The van der Waals surface area contributed by atoms with Crippen molar-refractivity contribution in [1.82, 2.24) is 5.32 Å². The van der Waals surface area contributed by atoms with Crippen molar-refractivity contribution >= 4 is 39.9 Å². The molecule has 0 unspecified atom stereocenters. The van der Waals surface area contributed by atoms with Crippen molar-refractivity contribution in [3.8, 4) is 5.75 Å². The standard InChI is InChI=1S/C13H17BrN2O2.ClH/c1-18-12-8-9(5-6-10(12)14)16-13(17)11-4-2-3-7-15-11;/h5-6,8,11,15H,2-4,7H2,1H3,(H,16,17);1H/t11-;/m0./s1. The van der Waals surface area contributed by atoms with Crippen LogP contribution in [-0.2, 0) is 4.79 Å². The van der Waals surface area contributed by atoms with Crippen molar-refractivity contribution in [3.05, 3.63) is 22.7 Å². The molecule has 0 saturated carbocycles. The van der Waals surface area contributed by atoms with Gasteiger partial charge in [-0.2, -0.15) is 0 Å². The van der Waals surface area contributed by atoms with E-state index in [1.807, 2.05) is 18.2 Å². The first-order valence-electron chi connectivity index (χ1n) is 6.08. The topological polar surface area (TPSA) is 50.4 Å². The Morgan fingerprint density at radius 1 is 1.47 bits per heavy atom. The van der Waals surface area contributed by atoms with Crippen molar-refractivity contribution in [2.45, 2.75) is 25.3 Å². The van der Waals surface area contributed by atoms with Crippen LogP contribution in [0.2, 0.25) is 0 Å². The van der Waals surface area contributed by atoms with Crippen molar-refractivity contribution in [1.29, 1.82) is 0 Å². The minimum atomic E-state index is -0.0756. The highest BCUT2D eigenvalue weighted by molar-refractivity contribution is 9.10. The number of amides is 1. The van der Waals surface area contributed by atoms with Gasteiger partial charge in [0.05, 0.1) is 17.6 Å². The van der Waals surface area contributed by atoms with Gasteiger partial charge in [0, 0.05) is 11.8 Å². The Hall–Kier alpha value is -0.780. The zero-order chi connectivity index (χ0) is 13.0. The number of carbonyl (C=O) groups excluding carboxylic acids is 1. The first-order chi connectivity index (χ1) is 8.70. The highest BCUT2D eigenvalue weighted by Crippen LogP contribution is 2.28. The van der Waals surface area contributed by atoms with Gasteiger partial charge in [-0.05, 0) is 47.4 Å². The molecular formula is C13H18BrClN2O2. The number of methoxy groups -OCH3 is 1. The minimum absolute atomic E-state index is 0. The smallest absolute Gasteiger partial charge is 0.241 e. The number of hydrogen-bond acceptors (Lipinski definition) is 3. The Morgan fingerprint density at radius 2 is 2.26 bits per heavy atom. The third-order valence-corrected chi connectivity index (χ3v) is 3.70. The van der Waals surface area contributed by atoms with E-state index in [-0.39, 0.29) is 24.4 Å². The average molecular weight is 350 g/mol. The highest BCUT2D eigenvalue weighted by atomic mass is 79.9. The fraction of sp³-hybridized carbons (Fsp3) is 0.462.